The van der Waals surface area contributed by atoms with Crippen molar-refractivity contribution in [1.29, 1.82) is 0 Å². The van der Waals surface area contributed by atoms with Crippen molar-refractivity contribution in [1.82, 2.24) is 4.90 Å². The summed E-state index contributed by atoms with van der Waals surface area (Å²) in [6.07, 6.45) is 0.662. The van der Waals surface area contributed by atoms with Crippen LogP contribution in [0.3, 0.4) is 0 Å². The molecule has 1 aromatic rings. The van der Waals surface area contributed by atoms with Crippen molar-refractivity contribution in [3.8, 4) is 11.5 Å². The summed E-state index contributed by atoms with van der Waals surface area (Å²) in [5.74, 6) is 1.25. The summed E-state index contributed by atoms with van der Waals surface area (Å²) in [7, 11) is 0.552. The Morgan fingerprint density at radius 1 is 1.47 bits per heavy atom. The summed E-state index contributed by atoms with van der Waals surface area (Å²) in [5.41, 5.74) is 0.771. The van der Waals surface area contributed by atoms with Crippen LogP contribution in [0, 0.1) is 0 Å². The Morgan fingerprint density at radius 2 is 2.21 bits per heavy atom. The van der Waals surface area contributed by atoms with E-state index in [2.05, 4.69) is 0 Å². The molecule has 1 saturated heterocycles. The molecule has 1 unspecified atom stereocenters. The van der Waals surface area contributed by atoms with E-state index in [1.165, 1.54) is 0 Å². The molecule has 1 heterocycles. The van der Waals surface area contributed by atoms with Gasteiger partial charge in [-0.3, -0.25) is 4.90 Å². The maximum atomic E-state index is 11.5. The van der Waals surface area contributed by atoms with Crippen LogP contribution in [-0.4, -0.2) is 50.1 Å². The summed E-state index contributed by atoms with van der Waals surface area (Å²) in [4.78, 5) is 1.98. The summed E-state index contributed by atoms with van der Waals surface area (Å²) in [6, 6.07) is 5.18. The molecule has 1 aliphatic heterocycles. The maximum Gasteiger partial charge on any atom is 0.151 e. The molecule has 1 aliphatic rings. The van der Waals surface area contributed by atoms with Crippen LogP contribution in [0.5, 0.6) is 11.5 Å². The van der Waals surface area contributed by atoms with E-state index in [1.54, 1.807) is 25.3 Å². The lowest BCUT2D eigenvalue weighted by molar-refractivity contribution is 0.250. The van der Waals surface area contributed by atoms with E-state index in [1.807, 2.05) is 11.9 Å². The Bertz CT molecular complexity index is 556. The highest BCUT2D eigenvalue weighted by molar-refractivity contribution is 7.91. The second kappa shape index (κ2) is 5.38. The molecule has 0 spiro atoms. The molecule has 1 N–H and O–H groups in total. The molecule has 0 aliphatic carbocycles. The standard InChI is InChI=1S/C13H19NO4S/c1-14(11-5-6-19(16,17)9-11)8-10-3-4-12(18-2)7-13(10)15/h3-4,7,11,15H,5-6,8-9H2,1-2H3. The number of hydrogen-bond acceptors (Lipinski definition) is 5. The fraction of sp³-hybridized carbons (Fsp3) is 0.538. The van der Waals surface area contributed by atoms with Crippen LogP contribution in [0.25, 0.3) is 0 Å². The quantitative estimate of drug-likeness (QED) is 0.894. The number of benzene rings is 1. The molecule has 1 aromatic carbocycles. The first-order valence-corrected chi connectivity index (χ1v) is 8.00. The highest BCUT2D eigenvalue weighted by atomic mass is 32.2. The summed E-state index contributed by atoms with van der Waals surface area (Å²) < 4.78 is 27.9. The molecule has 106 valence electrons. The average Bonchev–Trinajstić information content (AvgIpc) is 2.72. The van der Waals surface area contributed by atoms with Gasteiger partial charge in [0.2, 0.25) is 0 Å². The maximum absolute atomic E-state index is 11.5. The second-order valence-electron chi connectivity index (χ2n) is 4.97. The van der Waals surface area contributed by atoms with E-state index < -0.39 is 9.84 Å². The van der Waals surface area contributed by atoms with Crippen molar-refractivity contribution < 1.29 is 18.3 Å². The van der Waals surface area contributed by atoms with Gasteiger partial charge in [-0.1, -0.05) is 6.07 Å². The fourth-order valence-electron chi connectivity index (χ4n) is 2.33. The Kier molecular flexibility index (Phi) is 4.01. The average molecular weight is 285 g/mol. The fourth-order valence-corrected chi connectivity index (χ4v) is 4.13. The van der Waals surface area contributed by atoms with E-state index in [0.29, 0.717) is 18.7 Å². The lowest BCUT2D eigenvalue weighted by atomic mass is 10.1. The number of phenols is 1. The third-order valence-electron chi connectivity index (χ3n) is 3.54. The van der Waals surface area contributed by atoms with Crippen LogP contribution in [-0.2, 0) is 16.4 Å². The number of ether oxygens (including phenoxy) is 1. The zero-order valence-corrected chi connectivity index (χ0v) is 12.0. The molecule has 0 amide bonds. The van der Waals surface area contributed by atoms with Crippen molar-refractivity contribution in [3.63, 3.8) is 0 Å². The monoisotopic (exact) mass is 285 g/mol. The molecule has 2 rings (SSSR count). The van der Waals surface area contributed by atoms with Gasteiger partial charge in [0.05, 0.1) is 18.6 Å². The van der Waals surface area contributed by atoms with E-state index in [4.69, 9.17) is 4.74 Å². The van der Waals surface area contributed by atoms with Crippen LogP contribution < -0.4 is 4.74 Å². The first-order valence-electron chi connectivity index (χ1n) is 6.18. The minimum atomic E-state index is -2.88. The molecule has 6 heteroatoms. The van der Waals surface area contributed by atoms with Gasteiger partial charge in [-0.15, -0.1) is 0 Å². The zero-order valence-electron chi connectivity index (χ0n) is 11.2. The van der Waals surface area contributed by atoms with Crippen LogP contribution in [0.4, 0.5) is 0 Å². The number of nitrogens with zero attached hydrogens (tertiary/aromatic N) is 1. The normalized spacial score (nSPS) is 21.7. The molecule has 0 radical (unpaired) electrons. The molecule has 19 heavy (non-hydrogen) atoms. The largest absolute Gasteiger partial charge is 0.507 e. The van der Waals surface area contributed by atoms with Crippen molar-refractivity contribution in [2.75, 3.05) is 25.7 Å². The van der Waals surface area contributed by atoms with Gasteiger partial charge in [-0.2, -0.15) is 0 Å². The van der Waals surface area contributed by atoms with Crippen LogP contribution in [0.1, 0.15) is 12.0 Å². The Hall–Kier alpha value is -1.27. The van der Waals surface area contributed by atoms with Crippen molar-refractivity contribution in [3.05, 3.63) is 23.8 Å². The number of phenolic OH excluding ortho intramolecular Hbond substituents is 1. The van der Waals surface area contributed by atoms with Crippen LogP contribution in [0.2, 0.25) is 0 Å². The van der Waals surface area contributed by atoms with Gasteiger partial charge in [0.25, 0.3) is 0 Å². The van der Waals surface area contributed by atoms with Gasteiger partial charge >= 0.3 is 0 Å². The predicted molar refractivity (Wildman–Crippen MR) is 73.2 cm³/mol. The smallest absolute Gasteiger partial charge is 0.151 e. The number of rotatable bonds is 4. The summed E-state index contributed by atoms with van der Waals surface area (Å²) in [6.45, 7) is 0.524. The van der Waals surface area contributed by atoms with Crippen LogP contribution in [0.15, 0.2) is 18.2 Å². The molecule has 0 bridgehead atoms. The van der Waals surface area contributed by atoms with E-state index in [9.17, 15) is 13.5 Å². The van der Waals surface area contributed by atoms with Crippen molar-refractivity contribution in [2.24, 2.45) is 0 Å². The van der Waals surface area contributed by atoms with Gasteiger partial charge in [0, 0.05) is 24.2 Å². The SMILES string of the molecule is COc1ccc(CN(C)C2CCS(=O)(=O)C2)c(O)c1. The molecular weight excluding hydrogens is 266 g/mol. The third-order valence-corrected chi connectivity index (χ3v) is 5.29. The summed E-state index contributed by atoms with van der Waals surface area (Å²) >= 11 is 0. The zero-order chi connectivity index (χ0) is 14.0. The molecule has 0 saturated carbocycles. The van der Waals surface area contributed by atoms with E-state index >= 15 is 0 Å². The van der Waals surface area contributed by atoms with Crippen molar-refractivity contribution >= 4 is 9.84 Å². The summed E-state index contributed by atoms with van der Waals surface area (Å²) in [5, 5.41) is 9.89. The van der Waals surface area contributed by atoms with Crippen molar-refractivity contribution in [2.45, 2.75) is 19.0 Å². The van der Waals surface area contributed by atoms with Crippen LogP contribution >= 0.6 is 0 Å². The molecule has 5 nitrogen and oxygen atoms in total. The van der Waals surface area contributed by atoms with Gasteiger partial charge in [-0.05, 0) is 19.5 Å². The molecule has 1 atom stereocenters. The first-order chi connectivity index (χ1) is 8.91. The van der Waals surface area contributed by atoms with Gasteiger partial charge in [-0.25, -0.2) is 8.42 Å². The lowest BCUT2D eigenvalue weighted by Crippen LogP contribution is -2.32. The van der Waals surface area contributed by atoms with Gasteiger partial charge in [0.1, 0.15) is 11.5 Å². The highest BCUT2D eigenvalue weighted by Crippen LogP contribution is 2.26. The van der Waals surface area contributed by atoms with Gasteiger partial charge < -0.3 is 9.84 Å². The predicted octanol–water partition coefficient (Wildman–Crippen LogP) is 1.02. The van der Waals surface area contributed by atoms with E-state index in [-0.39, 0.29) is 23.3 Å². The topological polar surface area (TPSA) is 66.8 Å². The Morgan fingerprint density at radius 3 is 2.74 bits per heavy atom. The van der Waals surface area contributed by atoms with E-state index in [0.717, 1.165) is 5.56 Å². The molecule has 0 aromatic heterocycles. The number of methoxy groups -OCH3 is 1. The molecule has 1 fully saturated rings. The molecular formula is C13H19NO4S. The van der Waals surface area contributed by atoms with Gasteiger partial charge in [0.15, 0.2) is 9.84 Å². The second-order valence-corrected chi connectivity index (χ2v) is 7.20. The third kappa shape index (κ3) is 3.39. The number of hydrogen-bond donors (Lipinski definition) is 1. The Labute approximate surface area is 113 Å². The minimum absolute atomic E-state index is 0.0338. The Balaban J connectivity index is 2.05. The number of aromatic hydroxyl groups is 1. The first kappa shape index (κ1) is 14.1. The highest BCUT2D eigenvalue weighted by Gasteiger charge is 2.30. The minimum Gasteiger partial charge on any atom is -0.507 e. The number of sulfone groups is 1. The lowest BCUT2D eigenvalue weighted by Gasteiger charge is -2.23.